The highest BCUT2D eigenvalue weighted by Crippen LogP contribution is 2.30. The van der Waals surface area contributed by atoms with Crippen molar-refractivity contribution in [2.24, 2.45) is 0 Å². The lowest BCUT2D eigenvalue weighted by molar-refractivity contribution is 0.688. The number of nitrogens with one attached hydrogen (secondary N) is 1. The number of halogens is 2. The van der Waals surface area contributed by atoms with Crippen LogP contribution in [0.1, 0.15) is 22.7 Å². The Morgan fingerprint density at radius 1 is 1.17 bits per heavy atom. The smallest absolute Gasteiger partial charge is 0.0604 e. The SMILES string of the molecule is CNC(c1cncc(C)c1)c1ccc(Cl)cc1Cl. The van der Waals surface area contributed by atoms with Crippen LogP contribution >= 0.6 is 23.2 Å². The normalized spacial score (nSPS) is 12.4. The van der Waals surface area contributed by atoms with Gasteiger partial charge in [0.2, 0.25) is 0 Å². The largest absolute Gasteiger partial charge is 0.309 e. The lowest BCUT2D eigenvalue weighted by Gasteiger charge is -2.18. The van der Waals surface area contributed by atoms with E-state index in [0.717, 1.165) is 16.7 Å². The summed E-state index contributed by atoms with van der Waals surface area (Å²) < 4.78 is 0. The first-order valence-corrected chi connectivity index (χ1v) is 6.41. The predicted molar refractivity (Wildman–Crippen MR) is 76.3 cm³/mol. The fourth-order valence-corrected chi connectivity index (χ4v) is 2.49. The van der Waals surface area contributed by atoms with Gasteiger partial charge in [0, 0.05) is 22.4 Å². The van der Waals surface area contributed by atoms with Crippen molar-refractivity contribution in [3.8, 4) is 0 Å². The van der Waals surface area contributed by atoms with E-state index in [1.165, 1.54) is 0 Å². The lowest BCUT2D eigenvalue weighted by atomic mass is 9.99. The van der Waals surface area contributed by atoms with Crippen LogP contribution in [0, 0.1) is 6.92 Å². The molecule has 94 valence electrons. The van der Waals surface area contributed by atoms with Crippen LogP contribution in [0.25, 0.3) is 0 Å². The Kier molecular flexibility index (Phi) is 4.23. The van der Waals surface area contributed by atoms with Gasteiger partial charge in [-0.3, -0.25) is 4.98 Å². The van der Waals surface area contributed by atoms with Crippen molar-refractivity contribution in [1.82, 2.24) is 10.3 Å². The third-order valence-electron chi connectivity index (χ3n) is 2.79. The molecule has 2 aromatic rings. The van der Waals surface area contributed by atoms with E-state index in [1.807, 2.05) is 38.5 Å². The van der Waals surface area contributed by atoms with Crippen molar-refractivity contribution in [3.05, 3.63) is 63.4 Å². The number of nitrogens with zero attached hydrogens (tertiary/aromatic N) is 1. The van der Waals surface area contributed by atoms with Crippen molar-refractivity contribution in [2.75, 3.05) is 7.05 Å². The molecular formula is C14H14Cl2N2. The van der Waals surface area contributed by atoms with E-state index < -0.39 is 0 Å². The Hall–Kier alpha value is -1.09. The van der Waals surface area contributed by atoms with Crippen LogP contribution in [0.4, 0.5) is 0 Å². The minimum atomic E-state index is 0.0159. The molecule has 0 fully saturated rings. The second kappa shape index (κ2) is 5.70. The van der Waals surface area contributed by atoms with Gasteiger partial charge in [-0.05, 0) is 42.8 Å². The molecule has 0 bridgehead atoms. The van der Waals surface area contributed by atoms with Gasteiger partial charge in [0.15, 0.2) is 0 Å². The molecule has 1 heterocycles. The van der Waals surface area contributed by atoms with Crippen molar-refractivity contribution in [1.29, 1.82) is 0 Å². The van der Waals surface area contributed by atoms with Gasteiger partial charge < -0.3 is 5.32 Å². The molecule has 1 atom stereocenters. The average molecular weight is 281 g/mol. The molecule has 4 heteroatoms. The number of aromatic nitrogens is 1. The van der Waals surface area contributed by atoms with Gasteiger partial charge >= 0.3 is 0 Å². The van der Waals surface area contributed by atoms with E-state index in [-0.39, 0.29) is 6.04 Å². The first kappa shape index (κ1) is 13.3. The van der Waals surface area contributed by atoms with E-state index in [4.69, 9.17) is 23.2 Å². The Labute approximate surface area is 117 Å². The third kappa shape index (κ3) is 2.83. The molecule has 1 N–H and O–H groups in total. The maximum absolute atomic E-state index is 6.25. The number of benzene rings is 1. The van der Waals surface area contributed by atoms with Crippen molar-refractivity contribution < 1.29 is 0 Å². The summed E-state index contributed by atoms with van der Waals surface area (Å²) in [5.41, 5.74) is 3.20. The van der Waals surface area contributed by atoms with E-state index in [9.17, 15) is 0 Å². The number of hydrogen-bond donors (Lipinski definition) is 1. The molecule has 0 aliphatic heterocycles. The van der Waals surface area contributed by atoms with Gasteiger partial charge in [-0.15, -0.1) is 0 Å². The van der Waals surface area contributed by atoms with E-state index in [0.29, 0.717) is 10.0 Å². The first-order valence-electron chi connectivity index (χ1n) is 5.65. The highest BCUT2D eigenvalue weighted by atomic mass is 35.5. The monoisotopic (exact) mass is 280 g/mol. The minimum Gasteiger partial charge on any atom is -0.309 e. The molecule has 0 spiro atoms. The maximum Gasteiger partial charge on any atom is 0.0604 e. The quantitative estimate of drug-likeness (QED) is 0.919. The molecular weight excluding hydrogens is 267 g/mol. The third-order valence-corrected chi connectivity index (χ3v) is 3.35. The Morgan fingerprint density at radius 2 is 1.94 bits per heavy atom. The van der Waals surface area contributed by atoms with Crippen LogP contribution in [-0.2, 0) is 0 Å². The fourth-order valence-electron chi connectivity index (χ4n) is 1.97. The topological polar surface area (TPSA) is 24.9 Å². The molecule has 18 heavy (non-hydrogen) atoms. The van der Waals surface area contributed by atoms with Crippen LogP contribution in [0.3, 0.4) is 0 Å². The second-order valence-electron chi connectivity index (χ2n) is 4.18. The average Bonchev–Trinajstić information content (AvgIpc) is 2.33. The Balaban J connectivity index is 2.45. The molecule has 0 saturated heterocycles. The van der Waals surface area contributed by atoms with Crippen molar-refractivity contribution in [2.45, 2.75) is 13.0 Å². The minimum absolute atomic E-state index is 0.0159. The number of aryl methyl sites for hydroxylation is 1. The second-order valence-corrected chi connectivity index (χ2v) is 5.03. The standard InChI is InChI=1S/C14H14Cl2N2/c1-9-5-10(8-18-7-9)14(17-2)12-4-3-11(15)6-13(12)16/h3-8,14,17H,1-2H3. The van der Waals surface area contributed by atoms with Crippen LogP contribution in [-0.4, -0.2) is 12.0 Å². The van der Waals surface area contributed by atoms with E-state index in [2.05, 4.69) is 16.4 Å². The summed E-state index contributed by atoms with van der Waals surface area (Å²) in [5.74, 6) is 0. The maximum atomic E-state index is 6.25. The summed E-state index contributed by atoms with van der Waals surface area (Å²) in [7, 11) is 1.90. The van der Waals surface area contributed by atoms with Crippen molar-refractivity contribution in [3.63, 3.8) is 0 Å². The van der Waals surface area contributed by atoms with E-state index >= 15 is 0 Å². The zero-order valence-electron chi connectivity index (χ0n) is 10.2. The summed E-state index contributed by atoms with van der Waals surface area (Å²) in [6, 6.07) is 7.65. The molecule has 0 radical (unpaired) electrons. The fraction of sp³-hybridized carbons (Fsp3) is 0.214. The summed E-state index contributed by atoms with van der Waals surface area (Å²) in [6.45, 7) is 2.02. The number of pyridine rings is 1. The zero-order chi connectivity index (χ0) is 13.1. The van der Waals surface area contributed by atoms with Gasteiger partial charge in [-0.1, -0.05) is 35.3 Å². The molecule has 1 unspecified atom stereocenters. The van der Waals surface area contributed by atoms with Gasteiger partial charge in [0.05, 0.1) is 6.04 Å². The Morgan fingerprint density at radius 3 is 2.56 bits per heavy atom. The number of hydrogen-bond acceptors (Lipinski definition) is 2. The molecule has 0 aliphatic carbocycles. The molecule has 2 nitrogen and oxygen atoms in total. The van der Waals surface area contributed by atoms with E-state index in [1.54, 1.807) is 6.07 Å². The molecule has 1 aromatic heterocycles. The summed E-state index contributed by atoms with van der Waals surface area (Å²) in [4.78, 5) is 4.22. The van der Waals surface area contributed by atoms with Gasteiger partial charge in [-0.2, -0.15) is 0 Å². The molecule has 0 amide bonds. The molecule has 1 aromatic carbocycles. The van der Waals surface area contributed by atoms with Crippen LogP contribution in [0.2, 0.25) is 10.0 Å². The molecule has 0 aliphatic rings. The van der Waals surface area contributed by atoms with Crippen LogP contribution in [0.5, 0.6) is 0 Å². The van der Waals surface area contributed by atoms with Gasteiger partial charge in [0.25, 0.3) is 0 Å². The molecule has 0 saturated carbocycles. The Bertz CT molecular complexity index is 555. The highest BCUT2D eigenvalue weighted by Gasteiger charge is 2.15. The number of rotatable bonds is 3. The van der Waals surface area contributed by atoms with Gasteiger partial charge in [-0.25, -0.2) is 0 Å². The summed E-state index contributed by atoms with van der Waals surface area (Å²) in [6.07, 6.45) is 3.68. The lowest BCUT2D eigenvalue weighted by Crippen LogP contribution is -2.18. The van der Waals surface area contributed by atoms with Gasteiger partial charge in [0.1, 0.15) is 0 Å². The highest BCUT2D eigenvalue weighted by molar-refractivity contribution is 6.35. The van der Waals surface area contributed by atoms with Crippen LogP contribution < -0.4 is 5.32 Å². The summed E-state index contributed by atoms with van der Waals surface area (Å²) in [5, 5.41) is 4.55. The molecule has 2 rings (SSSR count). The van der Waals surface area contributed by atoms with Crippen molar-refractivity contribution >= 4 is 23.2 Å². The predicted octanol–water partition coefficient (Wildman–Crippen LogP) is 4.01. The van der Waals surface area contributed by atoms with Crippen LogP contribution in [0.15, 0.2) is 36.7 Å². The zero-order valence-corrected chi connectivity index (χ0v) is 11.8. The summed E-state index contributed by atoms with van der Waals surface area (Å²) >= 11 is 12.2. The first-order chi connectivity index (χ1) is 8.61.